The van der Waals surface area contributed by atoms with E-state index in [9.17, 15) is 9.59 Å². The van der Waals surface area contributed by atoms with E-state index in [2.05, 4.69) is 0 Å². The van der Waals surface area contributed by atoms with Crippen molar-refractivity contribution in [1.82, 2.24) is 0 Å². The van der Waals surface area contributed by atoms with Crippen LogP contribution in [-0.2, 0) is 14.3 Å². The number of hydrogen-bond donors (Lipinski definition) is 1. The molecule has 0 bridgehead atoms. The average molecular weight is 174 g/mol. The van der Waals surface area contributed by atoms with Gasteiger partial charge in [0.1, 0.15) is 0 Å². The van der Waals surface area contributed by atoms with E-state index in [0.29, 0.717) is 0 Å². The molecule has 0 radical (unpaired) electrons. The standard InChI is InChI=1S/C8H14O4/c1-8(2,3)12-5-4-6(9)7(10)11/h4-5H2,1-3H3,(H,10,11). The van der Waals surface area contributed by atoms with Gasteiger partial charge in [0.05, 0.1) is 12.2 Å². The van der Waals surface area contributed by atoms with E-state index in [0.717, 1.165) is 0 Å². The second kappa shape index (κ2) is 4.21. The first-order valence-electron chi connectivity index (χ1n) is 3.73. The van der Waals surface area contributed by atoms with Gasteiger partial charge in [0, 0.05) is 6.42 Å². The Morgan fingerprint density at radius 1 is 1.33 bits per heavy atom. The monoisotopic (exact) mass is 174 g/mol. The highest BCUT2D eigenvalue weighted by atomic mass is 16.5. The number of Topliss-reactive ketones (excluding diaryl/α,β-unsaturated/α-hetero) is 1. The molecule has 0 aromatic heterocycles. The maximum Gasteiger partial charge on any atom is 0.372 e. The van der Waals surface area contributed by atoms with Crippen molar-refractivity contribution < 1.29 is 19.4 Å². The maximum absolute atomic E-state index is 10.5. The number of carbonyl (C=O) groups excluding carboxylic acids is 1. The highest BCUT2D eigenvalue weighted by Gasteiger charge is 2.14. The Kier molecular flexibility index (Phi) is 3.89. The highest BCUT2D eigenvalue weighted by Crippen LogP contribution is 2.06. The zero-order valence-corrected chi connectivity index (χ0v) is 7.59. The minimum Gasteiger partial charge on any atom is -0.475 e. The zero-order valence-electron chi connectivity index (χ0n) is 7.59. The summed E-state index contributed by atoms with van der Waals surface area (Å²) in [5, 5.41) is 8.21. The van der Waals surface area contributed by atoms with Crippen molar-refractivity contribution in [2.24, 2.45) is 0 Å². The molecule has 0 rings (SSSR count). The summed E-state index contributed by atoms with van der Waals surface area (Å²) in [5.41, 5.74) is -0.321. The van der Waals surface area contributed by atoms with Gasteiger partial charge in [-0.2, -0.15) is 0 Å². The Hall–Kier alpha value is -0.900. The predicted octanol–water partition coefficient (Wildman–Crippen LogP) is 0.845. The number of ether oxygens (including phenoxy) is 1. The first-order chi connectivity index (χ1) is 5.33. The van der Waals surface area contributed by atoms with Crippen molar-refractivity contribution >= 4 is 11.8 Å². The van der Waals surface area contributed by atoms with Crippen molar-refractivity contribution in [3.8, 4) is 0 Å². The summed E-state index contributed by atoms with van der Waals surface area (Å²) < 4.78 is 5.17. The summed E-state index contributed by atoms with van der Waals surface area (Å²) in [7, 11) is 0. The molecule has 0 aromatic carbocycles. The smallest absolute Gasteiger partial charge is 0.372 e. The Balaban J connectivity index is 3.58. The van der Waals surface area contributed by atoms with E-state index in [1.54, 1.807) is 0 Å². The summed E-state index contributed by atoms with van der Waals surface area (Å²) in [6, 6.07) is 0. The fourth-order valence-electron chi connectivity index (χ4n) is 0.557. The van der Waals surface area contributed by atoms with Gasteiger partial charge in [-0.25, -0.2) is 4.79 Å². The van der Waals surface area contributed by atoms with Crippen molar-refractivity contribution in [3.63, 3.8) is 0 Å². The number of rotatable bonds is 4. The van der Waals surface area contributed by atoms with Crippen LogP contribution in [0.2, 0.25) is 0 Å². The van der Waals surface area contributed by atoms with Gasteiger partial charge in [0.2, 0.25) is 5.78 Å². The number of aliphatic carboxylic acids is 1. The summed E-state index contributed by atoms with van der Waals surface area (Å²) >= 11 is 0. The number of carbonyl (C=O) groups is 2. The van der Waals surface area contributed by atoms with Gasteiger partial charge in [-0.1, -0.05) is 0 Å². The molecule has 12 heavy (non-hydrogen) atoms. The molecule has 4 heteroatoms. The van der Waals surface area contributed by atoms with Crippen LogP contribution in [0, 0.1) is 0 Å². The molecule has 0 aliphatic carbocycles. The lowest BCUT2D eigenvalue weighted by molar-refractivity contribution is -0.150. The molecule has 0 saturated heterocycles. The Labute approximate surface area is 71.5 Å². The van der Waals surface area contributed by atoms with Crippen molar-refractivity contribution in [2.45, 2.75) is 32.8 Å². The van der Waals surface area contributed by atoms with Crippen LogP contribution >= 0.6 is 0 Å². The van der Waals surface area contributed by atoms with Crippen molar-refractivity contribution in [1.29, 1.82) is 0 Å². The lowest BCUT2D eigenvalue weighted by atomic mass is 10.2. The molecule has 0 unspecified atom stereocenters. The van der Waals surface area contributed by atoms with E-state index >= 15 is 0 Å². The van der Waals surface area contributed by atoms with Gasteiger partial charge in [-0.05, 0) is 20.8 Å². The van der Waals surface area contributed by atoms with Crippen LogP contribution in [0.4, 0.5) is 0 Å². The molecule has 0 saturated carbocycles. The SMILES string of the molecule is CC(C)(C)OCCC(=O)C(=O)O. The normalized spacial score (nSPS) is 11.2. The molecule has 0 fully saturated rings. The minimum absolute atomic E-state index is 0.0629. The molecule has 0 heterocycles. The van der Waals surface area contributed by atoms with Crippen LogP contribution in [0.3, 0.4) is 0 Å². The molecule has 0 amide bonds. The number of ketones is 1. The number of hydrogen-bond acceptors (Lipinski definition) is 3. The first kappa shape index (κ1) is 11.1. The molecule has 0 atom stereocenters. The molecular weight excluding hydrogens is 160 g/mol. The topological polar surface area (TPSA) is 63.6 Å². The molecule has 70 valence electrons. The average Bonchev–Trinajstić information content (AvgIpc) is 1.84. The molecule has 1 N–H and O–H groups in total. The second-order valence-electron chi connectivity index (χ2n) is 3.44. The van der Waals surface area contributed by atoms with Crippen LogP contribution in [0.5, 0.6) is 0 Å². The van der Waals surface area contributed by atoms with Gasteiger partial charge < -0.3 is 9.84 Å². The Bertz CT molecular complexity index is 178. The van der Waals surface area contributed by atoms with E-state index in [1.807, 2.05) is 20.8 Å². The number of carboxylic acids is 1. The van der Waals surface area contributed by atoms with E-state index in [4.69, 9.17) is 9.84 Å². The van der Waals surface area contributed by atoms with E-state index in [-0.39, 0.29) is 18.6 Å². The summed E-state index contributed by atoms with van der Waals surface area (Å²) in [6.45, 7) is 5.70. The van der Waals surface area contributed by atoms with Crippen molar-refractivity contribution in [3.05, 3.63) is 0 Å². The lowest BCUT2D eigenvalue weighted by Gasteiger charge is -2.18. The highest BCUT2D eigenvalue weighted by molar-refractivity contribution is 6.32. The fourth-order valence-corrected chi connectivity index (χ4v) is 0.557. The maximum atomic E-state index is 10.5. The van der Waals surface area contributed by atoms with Crippen molar-refractivity contribution in [2.75, 3.05) is 6.61 Å². The third-order valence-corrected chi connectivity index (χ3v) is 1.10. The van der Waals surface area contributed by atoms with Gasteiger partial charge in [0.15, 0.2) is 0 Å². The predicted molar refractivity (Wildman–Crippen MR) is 43.0 cm³/mol. The molecule has 0 aliphatic rings. The molecule has 0 aromatic rings. The quantitative estimate of drug-likeness (QED) is 0.641. The van der Waals surface area contributed by atoms with Crippen LogP contribution < -0.4 is 0 Å². The summed E-state index contributed by atoms with van der Waals surface area (Å²) in [6.07, 6.45) is -0.0629. The van der Waals surface area contributed by atoms with Crippen LogP contribution in [0.25, 0.3) is 0 Å². The van der Waals surface area contributed by atoms with Crippen LogP contribution in [0.1, 0.15) is 27.2 Å². The van der Waals surface area contributed by atoms with Gasteiger partial charge in [-0.15, -0.1) is 0 Å². The van der Waals surface area contributed by atoms with Crippen LogP contribution in [-0.4, -0.2) is 29.1 Å². The third-order valence-electron chi connectivity index (χ3n) is 1.10. The Morgan fingerprint density at radius 2 is 1.83 bits per heavy atom. The van der Waals surface area contributed by atoms with Crippen LogP contribution in [0.15, 0.2) is 0 Å². The zero-order chi connectivity index (χ0) is 9.78. The summed E-state index contributed by atoms with van der Waals surface area (Å²) in [4.78, 5) is 20.6. The lowest BCUT2D eigenvalue weighted by Crippen LogP contribution is -2.22. The van der Waals surface area contributed by atoms with Gasteiger partial charge in [-0.3, -0.25) is 4.79 Å². The second-order valence-corrected chi connectivity index (χ2v) is 3.44. The molecule has 0 spiro atoms. The van der Waals surface area contributed by atoms with E-state index < -0.39 is 11.8 Å². The van der Waals surface area contributed by atoms with Gasteiger partial charge >= 0.3 is 5.97 Å². The largest absolute Gasteiger partial charge is 0.475 e. The van der Waals surface area contributed by atoms with Gasteiger partial charge in [0.25, 0.3) is 0 Å². The fraction of sp³-hybridized carbons (Fsp3) is 0.750. The Morgan fingerprint density at radius 3 is 2.17 bits per heavy atom. The third kappa shape index (κ3) is 5.85. The minimum atomic E-state index is -1.40. The summed E-state index contributed by atoms with van der Waals surface area (Å²) in [5.74, 6) is -2.20. The molecule has 0 aliphatic heterocycles. The first-order valence-corrected chi connectivity index (χ1v) is 3.73. The molecular formula is C8H14O4. The van der Waals surface area contributed by atoms with E-state index in [1.165, 1.54) is 0 Å². The molecule has 4 nitrogen and oxygen atoms in total. The number of carboxylic acid groups (broad SMARTS) is 1.